The Morgan fingerprint density at radius 2 is 1.77 bits per heavy atom. The van der Waals surface area contributed by atoms with Gasteiger partial charge >= 0.3 is 0 Å². The summed E-state index contributed by atoms with van der Waals surface area (Å²) < 4.78 is 7.32. The number of benzene rings is 3. The predicted molar refractivity (Wildman–Crippen MR) is 121 cm³/mol. The number of halogens is 2. The minimum atomic E-state index is -0.559. The third-order valence-electron chi connectivity index (χ3n) is 3.95. The molecule has 0 saturated carbocycles. The van der Waals surface area contributed by atoms with Crippen LogP contribution in [0.4, 0.5) is 5.69 Å². The number of carbonyl (C=O) groups excluding carboxylic acids is 1. The molecular formula is C21H15Br2N3O4. The second kappa shape index (κ2) is 10.1. The lowest BCUT2D eigenvalue weighted by Crippen LogP contribution is -2.17. The van der Waals surface area contributed by atoms with Crippen LogP contribution in [-0.2, 0) is 6.61 Å². The van der Waals surface area contributed by atoms with E-state index in [1.165, 1.54) is 30.5 Å². The first kappa shape index (κ1) is 21.7. The number of hydrogen-bond donors (Lipinski definition) is 1. The molecule has 0 atom stereocenters. The Labute approximate surface area is 189 Å². The highest BCUT2D eigenvalue weighted by atomic mass is 79.9. The lowest BCUT2D eigenvalue weighted by molar-refractivity contribution is -0.384. The van der Waals surface area contributed by atoms with Gasteiger partial charge in [-0.1, -0.05) is 36.4 Å². The molecular weight excluding hydrogens is 518 g/mol. The molecule has 3 aromatic rings. The third kappa shape index (κ3) is 5.74. The minimum absolute atomic E-state index is 0.147. The molecule has 30 heavy (non-hydrogen) atoms. The molecule has 0 heterocycles. The Bertz CT molecular complexity index is 1080. The highest BCUT2D eigenvalue weighted by Gasteiger charge is 2.11. The molecule has 1 amide bonds. The van der Waals surface area contributed by atoms with E-state index in [-0.39, 0.29) is 11.3 Å². The summed E-state index contributed by atoms with van der Waals surface area (Å²) in [5, 5.41) is 14.7. The normalized spacial score (nSPS) is 10.7. The molecule has 0 aliphatic carbocycles. The summed E-state index contributed by atoms with van der Waals surface area (Å²) in [6.07, 6.45) is 1.46. The van der Waals surface area contributed by atoms with Crippen LogP contribution in [0.1, 0.15) is 21.5 Å². The van der Waals surface area contributed by atoms with Crippen molar-refractivity contribution in [2.75, 3.05) is 0 Å². The average molecular weight is 533 g/mol. The SMILES string of the molecule is O=C(N/N=C\c1cc(Br)c(OCc2ccccc2)c(Br)c1)c1cccc([N+](=O)[O-])c1. The molecule has 9 heteroatoms. The van der Waals surface area contributed by atoms with Gasteiger partial charge in [0.2, 0.25) is 0 Å². The van der Waals surface area contributed by atoms with Gasteiger partial charge in [-0.3, -0.25) is 14.9 Å². The maximum Gasteiger partial charge on any atom is 0.271 e. The van der Waals surface area contributed by atoms with Gasteiger partial charge in [-0.25, -0.2) is 5.43 Å². The second-order valence-electron chi connectivity index (χ2n) is 6.09. The molecule has 0 fully saturated rings. The van der Waals surface area contributed by atoms with Gasteiger partial charge in [0.05, 0.1) is 20.1 Å². The smallest absolute Gasteiger partial charge is 0.271 e. The number of amides is 1. The van der Waals surface area contributed by atoms with E-state index < -0.39 is 10.8 Å². The highest BCUT2D eigenvalue weighted by molar-refractivity contribution is 9.11. The first-order chi connectivity index (χ1) is 14.4. The number of hydrazone groups is 1. The Kier molecular flexibility index (Phi) is 7.31. The summed E-state index contributed by atoms with van der Waals surface area (Å²) in [7, 11) is 0. The Morgan fingerprint density at radius 3 is 2.43 bits per heavy atom. The molecule has 0 saturated heterocycles. The molecule has 0 aromatic heterocycles. The fourth-order valence-corrected chi connectivity index (χ4v) is 3.96. The van der Waals surface area contributed by atoms with Crippen molar-refractivity contribution in [2.24, 2.45) is 5.10 Å². The van der Waals surface area contributed by atoms with Gasteiger partial charge in [0.1, 0.15) is 12.4 Å². The van der Waals surface area contributed by atoms with Gasteiger partial charge in [0.15, 0.2) is 0 Å². The zero-order valence-electron chi connectivity index (χ0n) is 15.4. The second-order valence-corrected chi connectivity index (χ2v) is 7.80. The highest BCUT2D eigenvalue weighted by Crippen LogP contribution is 2.35. The van der Waals surface area contributed by atoms with E-state index in [9.17, 15) is 14.9 Å². The number of hydrogen-bond acceptors (Lipinski definition) is 5. The standard InChI is InChI=1S/C21H15Br2N3O4/c22-18-9-15(10-19(23)20(18)30-13-14-5-2-1-3-6-14)12-24-25-21(27)16-7-4-8-17(11-16)26(28)29/h1-12H,13H2,(H,25,27)/b24-12-. The molecule has 1 N–H and O–H groups in total. The fraction of sp³-hybridized carbons (Fsp3) is 0.0476. The number of ether oxygens (including phenoxy) is 1. The fourth-order valence-electron chi connectivity index (χ4n) is 2.51. The third-order valence-corrected chi connectivity index (χ3v) is 5.12. The number of rotatable bonds is 7. The van der Waals surface area contributed by atoms with Gasteiger partial charge in [-0.2, -0.15) is 5.10 Å². The molecule has 3 rings (SSSR count). The van der Waals surface area contributed by atoms with Gasteiger partial charge in [0.25, 0.3) is 11.6 Å². The Hall–Kier alpha value is -3.04. The van der Waals surface area contributed by atoms with Crippen LogP contribution in [0, 0.1) is 10.1 Å². The molecule has 152 valence electrons. The van der Waals surface area contributed by atoms with Crippen LogP contribution in [-0.4, -0.2) is 17.0 Å². The van der Waals surface area contributed by atoms with Crippen LogP contribution in [0.15, 0.2) is 80.8 Å². The van der Waals surface area contributed by atoms with Gasteiger partial charge in [0, 0.05) is 17.7 Å². The monoisotopic (exact) mass is 531 g/mol. The van der Waals surface area contributed by atoms with Crippen LogP contribution < -0.4 is 10.2 Å². The van der Waals surface area contributed by atoms with Crippen molar-refractivity contribution in [2.45, 2.75) is 6.61 Å². The summed E-state index contributed by atoms with van der Waals surface area (Å²) in [4.78, 5) is 22.4. The van der Waals surface area contributed by atoms with E-state index >= 15 is 0 Å². The molecule has 0 bridgehead atoms. The zero-order valence-corrected chi connectivity index (χ0v) is 18.6. The number of carbonyl (C=O) groups is 1. The van der Waals surface area contributed by atoms with E-state index in [0.29, 0.717) is 17.9 Å². The van der Waals surface area contributed by atoms with Crippen molar-refractivity contribution >= 4 is 49.7 Å². The molecule has 0 radical (unpaired) electrons. The average Bonchev–Trinajstić information content (AvgIpc) is 2.74. The topological polar surface area (TPSA) is 93.8 Å². The summed E-state index contributed by atoms with van der Waals surface area (Å²) in [6, 6.07) is 18.8. The first-order valence-corrected chi connectivity index (χ1v) is 10.3. The Balaban J connectivity index is 1.65. The zero-order chi connectivity index (χ0) is 21.5. The van der Waals surface area contributed by atoms with Crippen molar-refractivity contribution in [3.8, 4) is 5.75 Å². The van der Waals surface area contributed by atoms with Crippen molar-refractivity contribution in [3.63, 3.8) is 0 Å². The maximum atomic E-state index is 12.1. The number of nitro benzene ring substituents is 1. The van der Waals surface area contributed by atoms with E-state index in [1.807, 2.05) is 30.3 Å². The Morgan fingerprint density at radius 1 is 1.07 bits per heavy atom. The number of nitrogens with zero attached hydrogens (tertiary/aromatic N) is 2. The summed E-state index contributed by atoms with van der Waals surface area (Å²) in [6.45, 7) is 0.421. The van der Waals surface area contributed by atoms with Crippen molar-refractivity contribution < 1.29 is 14.5 Å². The molecule has 0 spiro atoms. The van der Waals surface area contributed by atoms with Crippen molar-refractivity contribution in [3.05, 3.63) is 102 Å². The number of nitrogens with one attached hydrogen (secondary N) is 1. The van der Waals surface area contributed by atoms with Gasteiger partial charge in [-0.15, -0.1) is 0 Å². The molecule has 0 aliphatic rings. The van der Waals surface area contributed by atoms with Crippen molar-refractivity contribution in [1.29, 1.82) is 0 Å². The van der Waals surface area contributed by atoms with E-state index in [0.717, 1.165) is 14.5 Å². The molecule has 0 unspecified atom stereocenters. The molecule has 0 aliphatic heterocycles. The van der Waals surface area contributed by atoms with Crippen LogP contribution in [0.3, 0.4) is 0 Å². The molecule has 7 nitrogen and oxygen atoms in total. The van der Waals surface area contributed by atoms with Crippen LogP contribution in [0.2, 0.25) is 0 Å². The van der Waals surface area contributed by atoms with Crippen LogP contribution in [0.25, 0.3) is 0 Å². The maximum absolute atomic E-state index is 12.1. The van der Waals surface area contributed by atoms with Crippen LogP contribution >= 0.6 is 31.9 Å². The molecule has 3 aromatic carbocycles. The van der Waals surface area contributed by atoms with Gasteiger partial charge < -0.3 is 4.74 Å². The minimum Gasteiger partial charge on any atom is -0.487 e. The van der Waals surface area contributed by atoms with E-state index in [2.05, 4.69) is 42.4 Å². The van der Waals surface area contributed by atoms with E-state index in [1.54, 1.807) is 12.1 Å². The van der Waals surface area contributed by atoms with Gasteiger partial charge in [-0.05, 0) is 61.2 Å². The predicted octanol–water partition coefficient (Wildman–Crippen LogP) is 5.46. The lowest BCUT2D eigenvalue weighted by atomic mass is 10.2. The summed E-state index contributed by atoms with van der Waals surface area (Å²) in [5.74, 6) is 0.104. The van der Waals surface area contributed by atoms with Crippen LogP contribution in [0.5, 0.6) is 5.75 Å². The summed E-state index contributed by atoms with van der Waals surface area (Å²) >= 11 is 6.97. The first-order valence-electron chi connectivity index (χ1n) is 8.67. The summed E-state index contributed by atoms with van der Waals surface area (Å²) in [5.41, 5.74) is 4.10. The van der Waals surface area contributed by atoms with Crippen molar-refractivity contribution in [1.82, 2.24) is 5.43 Å². The lowest BCUT2D eigenvalue weighted by Gasteiger charge is -2.11. The number of non-ortho nitro benzene ring substituents is 1. The largest absolute Gasteiger partial charge is 0.487 e. The van der Waals surface area contributed by atoms with E-state index in [4.69, 9.17) is 4.74 Å². The number of nitro groups is 1. The quantitative estimate of drug-likeness (QED) is 0.248.